The zero-order valence-electron chi connectivity index (χ0n) is 19.8. The quantitative estimate of drug-likeness (QED) is 0.283. The molecule has 8 nitrogen and oxygen atoms in total. The van der Waals surface area contributed by atoms with Crippen LogP contribution in [0.5, 0.6) is 28.7 Å². The first-order valence-electron chi connectivity index (χ1n) is 10.3. The first kappa shape index (κ1) is 26.9. The molecule has 0 unspecified atom stereocenters. The summed E-state index contributed by atoms with van der Waals surface area (Å²) in [5.41, 5.74) is 1.75. The summed E-state index contributed by atoms with van der Waals surface area (Å²) in [7, 11) is 2.57. The summed E-state index contributed by atoms with van der Waals surface area (Å²) in [6.45, 7) is 3.83. The van der Waals surface area contributed by atoms with Gasteiger partial charge in [-0.15, -0.1) is 11.8 Å². The molecule has 0 amide bonds. The van der Waals surface area contributed by atoms with E-state index in [-0.39, 0.29) is 13.2 Å². The Kier molecular flexibility index (Phi) is 10.9. The number of methoxy groups -OCH3 is 4. The third kappa shape index (κ3) is 7.61. The van der Waals surface area contributed by atoms with Gasteiger partial charge in [0.05, 0.1) is 47.2 Å². The molecule has 0 radical (unpaired) electrons. The van der Waals surface area contributed by atoms with Gasteiger partial charge in [-0.2, -0.15) is 0 Å². The van der Waals surface area contributed by atoms with Gasteiger partial charge in [0.15, 0.2) is 11.5 Å². The van der Waals surface area contributed by atoms with Crippen molar-refractivity contribution in [3.63, 3.8) is 0 Å². The van der Waals surface area contributed by atoms with Gasteiger partial charge in [0.1, 0.15) is 17.2 Å². The highest BCUT2D eigenvalue weighted by Crippen LogP contribution is 2.51. The largest absolute Gasteiger partial charge is 0.530 e. The molecule has 10 heteroatoms. The number of benzene rings is 2. The van der Waals surface area contributed by atoms with E-state index in [1.165, 1.54) is 7.11 Å². The molecule has 0 saturated heterocycles. The maximum absolute atomic E-state index is 12.8. The van der Waals surface area contributed by atoms with Crippen molar-refractivity contribution in [1.82, 2.24) is 0 Å². The zero-order valence-corrected chi connectivity index (χ0v) is 21.5. The predicted octanol–water partition coefficient (Wildman–Crippen LogP) is 6.19. The lowest BCUT2D eigenvalue weighted by Crippen LogP contribution is -2.03. The van der Waals surface area contributed by atoms with Gasteiger partial charge in [-0.1, -0.05) is 6.07 Å². The summed E-state index contributed by atoms with van der Waals surface area (Å²) in [4.78, 5) is 0. The van der Waals surface area contributed by atoms with Gasteiger partial charge in [-0.25, -0.2) is 4.57 Å². The second-order valence-corrected chi connectivity index (χ2v) is 8.91. The molecular formula is C23H31O8PS. The standard InChI is InChI=1S/C23H31O8PS/c1-7-29-32(24,30-8-2)31-23-13-17(9-10-20(23)26-4)16-33-12-11-19-21(27-5)14-18(25-3)15-22(19)28-6/h9-15H,7-8,16H2,1-6H3. The van der Waals surface area contributed by atoms with Crippen LogP contribution in [-0.2, 0) is 19.4 Å². The number of rotatable bonds is 14. The van der Waals surface area contributed by atoms with Crippen LogP contribution in [0.2, 0.25) is 0 Å². The van der Waals surface area contributed by atoms with Gasteiger partial charge in [0.2, 0.25) is 0 Å². The highest BCUT2D eigenvalue weighted by atomic mass is 32.2. The van der Waals surface area contributed by atoms with E-state index in [0.29, 0.717) is 34.5 Å². The number of phosphoric acid groups is 1. The van der Waals surface area contributed by atoms with E-state index in [2.05, 4.69) is 0 Å². The molecule has 2 rings (SSSR count). The smallest absolute Gasteiger partial charge is 0.496 e. The van der Waals surface area contributed by atoms with E-state index in [0.717, 1.165) is 11.1 Å². The maximum Gasteiger partial charge on any atom is 0.530 e. The predicted molar refractivity (Wildman–Crippen MR) is 131 cm³/mol. The van der Waals surface area contributed by atoms with Crippen molar-refractivity contribution in [1.29, 1.82) is 0 Å². The van der Waals surface area contributed by atoms with Crippen LogP contribution in [0, 0.1) is 0 Å². The molecule has 0 fully saturated rings. The van der Waals surface area contributed by atoms with E-state index in [4.69, 9.17) is 32.5 Å². The summed E-state index contributed by atoms with van der Waals surface area (Å²) < 4.78 is 50.4. The second kappa shape index (κ2) is 13.4. The molecule has 2 aromatic rings. The second-order valence-electron chi connectivity index (χ2n) is 6.42. The van der Waals surface area contributed by atoms with Crippen molar-refractivity contribution in [2.24, 2.45) is 0 Å². The summed E-state index contributed by atoms with van der Waals surface area (Å²) in [6, 6.07) is 9.03. The molecule has 33 heavy (non-hydrogen) atoms. The molecule has 0 N–H and O–H groups in total. The SMILES string of the molecule is CCOP(=O)(OCC)Oc1cc(CSC=Cc2c(OC)cc(OC)cc2OC)ccc1OC. The van der Waals surface area contributed by atoms with Crippen molar-refractivity contribution in [3.05, 3.63) is 46.9 Å². The first-order chi connectivity index (χ1) is 15.9. The summed E-state index contributed by atoms with van der Waals surface area (Å²) in [6.07, 6.45) is 1.92. The minimum atomic E-state index is -3.74. The highest BCUT2D eigenvalue weighted by Gasteiger charge is 2.29. The average molecular weight is 499 g/mol. The molecule has 0 saturated carbocycles. The molecule has 0 atom stereocenters. The zero-order chi connectivity index (χ0) is 24.3. The van der Waals surface area contributed by atoms with E-state index >= 15 is 0 Å². The number of ether oxygens (including phenoxy) is 4. The fourth-order valence-electron chi connectivity index (χ4n) is 2.87. The van der Waals surface area contributed by atoms with Crippen LogP contribution in [0.15, 0.2) is 35.7 Å². The minimum absolute atomic E-state index is 0.193. The summed E-state index contributed by atoms with van der Waals surface area (Å²) in [5, 5.41) is 1.95. The lowest BCUT2D eigenvalue weighted by molar-refractivity contribution is 0.166. The fourth-order valence-corrected chi connectivity index (χ4v) is 4.76. The molecule has 0 bridgehead atoms. The van der Waals surface area contributed by atoms with E-state index in [9.17, 15) is 4.57 Å². The molecule has 0 spiro atoms. The number of thioether (sulfide) groups is 1. The van der Waals surface area contributed by atoms with Crippen LogP contribution >= 0.6 is 19.6 Å². The molecule has 0 aliphatic rings. The van der Waals surface area contributed by atoms with Crippen LogP contribution in [-0.4, -0.2) is 41.7 Å². The Morgan fingerprint density at radius 3 is 1.94 bits per heavy atom. The molecule has 182 valence electrons. The van der Waals surface area contributed by atoms with Crippen molar-refractivity contribution in [2.75, 3.05) is 41.7 Å². The van der Waals surface area contributed by atoms with Gasteiger partial charge < -0.3 is 23.5 Å². The van der Waals surface area contributed by atoms with Crippen molar-refractivity contribution in [3.8, 4) is 28.7 Å². The van der Waals surface area contributed by atoms with E-state index < -0.39 is 7.82 Å². The van der Waals surface area contributed by atoms with E-state index in [1.807, 2.05) is 17.6 Å². The van der Waals surface area contributed by atoms with Gasteiger partial charge in [0, 0.05) is 17.9 Å². The molecular weight excluding hydrogens is 467 g/mol. The lowest BCUT2D eigenvalue weighted by atomic mass is 10.1. The third-order valence-electron chi connectivity index (χ3n) is 4.35. The normalized spacial score (nSPS) is 11.5. The van der Waals surface area contributed by atoms with Gasteiger partial charge in [-0.3, -0.25) is 9.05 Å². The monoisotopic (exact) mass is 498 g/mol. The summed E-state index contributed by atoms with van der Waals surface area (Å²) >= 11 is 1.56. The van der Waals surface area contributed by atoms with Crippen LogP contribution < -0.4 is 23.5 Å². The van der Waals surface area contributed by atoms with Gasteiger partial charge >= 0.3 is 7.82 Å². The van der Waals surface area contributed by atoms with Crippen LogP contribution in [0.4, 0.5) is 0 Å². The number of hydrogen-bond acceptors (Lipinski definition) is 9. The van der Waals surface area contributed by atoms with Crippen molar-refractivity contribution < 1.29 is 37.1 Å². The van der Waals surface area contributed by atoms with Crippen LogP contribution in [0.1, 0.15) is 25.0 Å². The fraction of sp³-hybridized carbons (Fsp3) is 0.391. The molecule has 0 aliphatic heterocycles. The first-order valence-corrected chi connectivity index (χ1v) is 12.8. The van der Waals surface area contributed by atoms with Crippen molar-refractivity contribution in [2.45, 2.75) is 19.6 Å². The Balaban J connectivity index is 2.17. The summed E-state index contributed by atoms with van der Waals surface area (Å²) in [5.74, 6) is 3.30. The van der Waals surface area contributed by atoms with Crippen LogP contribution in [0.25, 0.3) is 6.08 Å². The van der Waals surface area contributed by atoms with Crippen molar-refractivity contribution >= 4 is 25.7 Å². The molecule has 0 heterocycles. The number of hydrogen-bond donors (Lipinski definition) is 0. The minimum Gasteiger partial charge on any atom is -0.496 e. The highest BCUT2D eigenvalue weighted by molar-refractivity contribution is 8.01. The molecule has 0 aliphatic carbocycles. The average Bonchev–Trinajstić information content (AvgIpc) is 2.81. The third-order valence-corrected chi connectivity index (χ3v) is 6.74. The van der Waals surface area contributed by atoms with E-state index in [1.54, 1.807) is 71.2 Å². The lowest BCUT2D eigenvalue weighted by Gasteiger charge is -2.19. The maximum atomic E-state index is 12.8. The Bertz CT molecular complexity index is 944. The Hall–Kier alpha value is -2.32. The molecule has 2 aromatic carbocycles. The Morgan fingerprint density at radius 1 is 0.818 bits per heavy atom. The Labute approximate surface area is 199 Å². The van der Waals surface area contributed by atoms with Crippen LogP contribution in [0.3, 0.4) is 0 Å². The van der Waals surface area contributed by atoms with Gasteiger partial charge in [0.25, 0.3) is 0 Å². The number of phosphoric ester groups is 1. The van der Waals surface area contributed by atoms with Gasteiger partial charge in [-0.05, 0) is 43.0 Å². The Morgan fingerprint density at radius 2 is 1.42 bits per heavy atom. The topological polar surface area (TPSA) is 81.7 Å². The molecule has 0 aromatic heterocycles.